The summed E-state index contributed by atoms with van der Waals surface area (Å²) in [5.41, 5.74) is 4.92. The van der Waals surface area contributed by atoms with Gasteiger partial charge in [0.2, 0.25) is 23.6 Å². The number of carbonyl (C=O) groups is 4. The number of fused-ring (bicyclic) bond motifs is 4. The maximum atomic E-state index is 13.3. The zero-order valence-electron chi connectivity index (χ0n) is 15.7. The summed E-state index contributed by atoms with van der Waals surface area (Å²) >= 11 is 6.16. The third kappa shape index (κ3) is 2.84. The summed E-state index contributed by atoms with van der Waals surface area (Å²) < 4.78 is 5.01. The minimum atomic E-state index is -1.48. The quantitative estimate of drug-likeness (QED) is 0.437. The normalized spacial score (nSPS) is 30.1. The number of hydrogen-bond acceptors (Lipinski definition) is 6. The molecule has 154 valence electrons. The van der Waals surface area contributed by atoms with Crippen LogP contribution in [0.25, 0.3) is 0 Å². The Kier molecular flexibility index (Phi) is 4.84. The van der Waals surface area contributed by atoms with Gasteiger partial charge in [-0.25, -0.2) is 0 Å². The molecule has 4 amide bonds. The molecule has 10 heteroatoms. The molecule has 0 radical (unpaired) electrons. The number of amides is 4. The number of anilines is 1. The van der Waals surface area contributed by atoms with E-state index in [1.54, 1.807) is 18.2 Å². The molecule has 2 fully saturated rings. The van der Waals surface area contributed by atoms with Crippen molar-refractivity contribution >= 4 is 40.9 Å². The highest BCUT2D eigenvalue weighted by Gasteiger charge is 2.70. The Morgan fingerprint density at radius 1 is 1.31 bits per heavy atom. The van der Waals surface area contributed by atoms with Gasteiger partial charge in [0.1, 0.15) is 5.54 Å². The highest BCUT2D eigenvalue weighted by atomic mass is 35.5. The number of nitrogens with zero attached hydrogens (tertiary/aromatic N) is 1. The van der Waals surface area contributed by atoms with Crippen LogP contribution in [0, 0.1) is 11.8 Å². The van der Waals surface area contributed by atoms with Crippen LogP contribution >= 0.6 is 11.6 Å². The molecule has 4 rings (SSSR count). The summed E-state index contributed by atoms with van der Waals surface area (Å²) in [5.74, 6) is -3.78. The van der Waals surface area contributed by atoms with E-state index in [2.05, 4.69) is 10.6 Å². The van der Waals surface area contributed by atoms with Gasteiger partial charge in [-0.1, -0.05) is 11.6 Å². The third-order valence-electron chi connectivity index (χ3n) is 5.92. The number of hydrogen-bond donors (Lipinski definition) is 3. The maximum Gasteiger partial charge on any atom is 0.250 e. The van der Waals surface area contributed by atoms with E-state index in [4.69, 9.17) is 22.1 Å². The Morgan fingerprint density at radius 3 is 2.76 bits per heavy atom. The van der Waals surface area contributed by atoms with Crippen LogP contribution < -0.4 is 16.4 Å². The molecule has 4 atom stereocenters. The molecular formula is C19H21ClN4O5. The van der Waals surface area contributed by atoms with E-state index >= 15 is 0 Å². The smallest absolute Gasteiger partial charge is 0.250 e. The number of likely N-dealkylation sites (tertiary alicyclic amines) is 1. The molecule has 1 aromatic carbocycles. The van der Waals surface area contributed by atoms with E-state index in [1.807, 2.05) is 0 Å². The molecule has 9 nitrogen and oxygen atoms in total. The fourth-order valence-electron chi connectivity index (χ4n) is 4.81. The number of benzene rings is 1. The van der Waals surface area contributed by atoms with Crippen molar-refractivity contribution in [3.63, 3.8) is 0 Å². The topological polar surface area (TPSA) is 131 Å². The molecule has 1 aromatic rings. The molecule has 2 saturated heterocycles. The Hall–Kier alpha value is -2.49. The Morgan fingerprint density at radius 2 is 2.07 bits per heavy atom. The molecule has 0 aliphatic carbocycles. The lowest BCUT2D eigenvalue weighted by molar-refractivity contribution is -0.143. The first-order valence-electron chi connectivity index (χ1n) is 9.33. The van der Waals surface area contributed by atoms with Gasteiger partial charge < -0.3 is 15.8 Å². The fourth-order valence-corrected chi connectivity index (χ4v) is 4.98. The first-order chi connectivity index (χ1) is 13.8. The van der Waals surface area contributed by atoms with E-state index < -0.39 is 47.0 Å². The molecule has 0 saturated carbocycles. The average molecular weight is 421 g/mol. The fraction of sp³-hybridized carbons (Fsp3) is 0.474. The minimum Gasteiger partial charge on any atom is -0.385 e. The van der Waals surface area contributed by atoms with Crippen molar-refractivity contribution in [2.45, 2.75) is 24.4 Å². The van der Waals surface area contributed by atoms with Crippen molar-refractivity contribution in [1.29, 1.82) is 0 Å². The van der Waals surface area contributed by atoms with Crippen LogP contribution in [0.4, 0.5) is 5.69 Å². The van der Waals surface area contributed by atoms with E-state index in [1.165, 1.54) is 12.0 Å². The minimum absolute atomic E-state index is 0.170. The van der Waals surface area contributed by atoms with Crippen molar-refractivity contribution in [3.8, 4) is 0 Å². The van der Waals surface area contributed by atoms with Crippen molar-refractivity contribution in [2.75, 3.05) is 25.6 Å². The van der Waals surface area contributed by atoms with Crippen LogP contribution in [-0.4, -0.2) is 54.8 Å². The van der Waals surface area contributed by atoms with Gasteiger partial charge in [-0.15, -0.1) is 0 Å². The van der Waals surface area contributed by atoms with Gasteiger partial charge in [0.15, 0.2) is 0 Å². The number of imide groups is 1. The van der Waals surface area contributed by atoms with Crippen molar-refractivity contribution in [2.24, 2.45) is 17.6 Å². The molecule has 3 heterocycles. The first kappa shape index (κ1) is 19.8. The number of nitrogens with two attached hydrogens (primary N) is 1. The lowest BCUT2D eigenvalue weighted by Crippen LogP contribution is -2.53. The van der Waals surface area contributed by atoms with Crippen LogP contribution in [0.2, 0.25) is 5.02 Å². The Labute approximate surface area is 171 Å². The largest absolute Gasteiger partial charge is 0.385 e. The number of ether oxygens (including phenoxy) is 1. The van der Waals surface area contributed by atoms with E-state index in [9.17, 15) is 19.2 Å². The monoisotopic (exact) mass is 420 g/mol. The van der Waals surface area contributed by atoms with Gasteiger partial charge >= 0.3 is 0 Å². The number of halogens is 1. The predicted octanol–water partition coefficient (Wildman–Crippen LogP) is -0.0277. The zero-order chi connectivity index (χ0) is 20.9. The van der Waals surface area contributed by atoms with Crippen molar-refractivity contribution in [1.82, 2.24) is 10.2 Å². The number of rotatable bonds is 6. The molecule has 3 aliphatic heterocycles. The summed E-state index contributed by atoms with van der Waals surface area (Å²) in [5, 5.41) is 6.28. The second-order valence-electron chi connectivity index (χ2n) is 7.55. The van der Waals surface area contributed by atoms with Crippen LogP contribution in [0.3, 0.4) is 0 Å². The van der Waals surface area contributed by atoms with Crippen LogP contribution in [-0.2, 0) is 29.5 Å². The second-order valence-corrected chi connectivity index (χ2v) is 7.99. The van der Waals surface area contributed by atoms with Gasteiger partial charge in [0, 0.05) is 49.0 Å². The highest BCUT2D eigenvalue weighted by Crippen LogP contribution is 2.53. The van der Waals surface area contributed by atoms with Gasteiger partial charge in [0.25, 0.3) is 0 Å². The lowest BCUT2D eigenvalue weighted by Gasteiger charge is -2.29. The number of carbonyl (C=O) groups excluding carboxylic acids is 4. The van der Waals surface area contributed by atoms with E-state index in [0.29, 0.717) is 29.3 Å². The van der Waals surface area contributed by atoms with E-state index in [0.717, 1.165) is 0 Å². The number of primary amides is 1. The summed E-state index contributed by atoms with van der Waals surface area (Å²) in [4.78, 5) is 52.4. The summed E-state index contributed by atoms with van der Waals surface area (Å²) in [7, 11) is 1.54. The standard InChI is InChI=1S/C19H21ClN4O5/c1-29-6-2-5-24-16(26)14-12(8-13(21)25)23-19(15(14)17(24)27)10-7-9(20)3-4-11(10)22-18(19)28/h3-4,7,12,14-15,23H,2,5-6,8H2,1H3,(H2,21,25)(H,22,28)/t12-,14-,15-,19+/m0/s1. The average Bonchev–Trinajstić information content (AvgIpc) is 3.22. The van der Waals surface area contributed by atoms with Gasteiger partial charge in [-0.2, -0.15) is 0 Å². The first-order valence-corrected chi connectivity index (χ1v) is 9.70. The van der Waals surface area contributed by atoms with Crippen molar-refractivity contribution < 1.29 is 23.9 Å². The molecule has 3 aliphatic rings. The molecule has 29 heavy (non-hydrogen) atoms. The number of methoxy groups -OCH3 is 1. The van der Waals surface area contributed by atoms with Gasteiger partial charge in [-0.3, -0.25) is 29.4 Å². The molecular weight excluding hydrogens is 400 g/mol. The van der Waals surface area contributed by atoms with Crippen LogP contribution in [0.1, 0.15) is 18.4 Å². The third-order valence-corrected chi connectivity index (χ3v) is 6.15. The Bertz CT molecular complexity index is 922. The molecule has 0 unspecified atom stereocenters. The lowest BCUT2D eigenvalue weighted by atomic mass is 9.76. The molecule has 1 spiro atoms. The second kappa shape index (κ2) is 7.08. The summed E-state index contributed by atoms with van der Waals surface area (Å²) in [6, 6.07) is 4.15. The molecule has 0 bridgehead atoms. The predicted molar refractivity (Wildman–Crippen MR) is 103 cm³/mol. The Balaban J connectivity index is 1.80. The SMILES string of the molecule is COCCCN1C(=O)[C@H]2[C@H](CC(N)=O)N[C@@]3(C(=O)Nc4ccc(Cl)cc43)[C@@H]2C1=O. The van der Waals surface area contributed by atoms with Crippen molar-refractivity contribution in [3.05, 3.63) is 28.8 Å². The summed E-state index contributed by atoms with van der Waals surface area (Å²) in [6.45, 7) is 0.571. The van der Waals surface area contributed by atoms with Gasteiger partial charge in [-0.05, 0) is 24.6 Å². The zero-order valence-corrected chi connectivity index (χ0v) is 16.5. The van der Waals surface area contributed by atoms with Gasteiger partial charge in [0.05, 0.1) is 11.8 Å². The maximum absolute atomic E-state index is 13.3. The van der Waals surface area contributed by atoms with Crippen LogP contribution in [0.15, 0.2) is 18.2 Å². The molecule has 0 aromatic heterocycles. The molecule has 4 N–H and O–H groups in total. The number of nitrogens with one attached hydrogen (secondary N) is 2. The highest BCUT2D eigenvalue weighted by molar-refractivity contribution is 6.31. The summed E-state index contributed by atoms with van der Waals surface area (Å²) in [6.07, 6.45) is 0.306. The van der Waals surface area contributed by atoms with Crippen LogP contribution in [0.5, 0.6) is 0 Å². The van der Waals surface area contributed by atoms with E-state index in [-0.39, 0.29) is 13.0 Å².